The standard InChI is InChI=1S/C25H21FN2O5/c1-32-18-9-6-15(7-10-18)22-21(23(29)19-13-16(26)8-11-20(19)33-2)24(30)25(31)28(22)14-17-5-3-4-12-27-17/h3-13,22,29H,14H2,1-2H3/b23-21+. The smallest absolute Gasteiger partial charge is 0.296 e. The number of likely N-dealkylation sites (tertiary alicyclic amines) is 1. The predicted molar refractivity (Wildman–Crippen MR) is 118 cm³/mol. The Morgan fingerprint density at radius 1 is 1.06 bits per heavy atom. The van der Waals surface area contributed by atoms with E-state index in [1.54, 1.807) is 48.7 Å². The van der Waals surface area contributed by atoms with Crippen LogP contribution in [0.3, 0.4) is 0 Å². The fourth-order valence-electron chi connectivity index (χ4n) is 3.85. The van der Waals surface area contributed by atoms with E-state index in [4.69, 9.17) is 9.47 Å². The van der Waals surface area contributed by atoms with Gasteiger partial charge in [-0.05, 0) is 48.0 Å². The van der Waals surface area contributed by atoms with E-state index in [9.17, 15) is 19.1 Å². The van der Waals surface area contributed by atoms with Crippen LogP contribution in [0.15, 0.2) is 72.4 Å². The molecule has 1 fully saturated rings. The monoisotopic (exact) mass is 448 g/mol. The first-order chi connectivity index (χ1) is 15.9. The largest absolute Gasteiger partial charge is 0.507 e. The van der Waals surface area contributed by atoms with Crippen LogP contribution in [0.25, 0.3) is 5.76 Å². The van der Waals surface area contributed by atoms with Crippen molar-refractivity contribution < 1.29 is 28.6 Å². The van der Waals surface area contributed by atoms with Gasteiger partial charge in [0.05, 0.1) is 43.6 Å². The van der Waals surface area contributed by atoms with Gasteiger partial charge in [0.1, 0.15) is 23.1 Å². The molecule has 0 spiro atoms. The Morgan fingerprint density at radius 2 is 1.82 bits per heavy atom. The Hall–Kier alpha value is -4.20. The summed E-state index contributed by atoms with van der Waals surface area (Å²) in [4.78, 5) is 31.8. The highest BCUT2D eigenvalue weighted by Crippen LogP contribution is 2.42. The number of benzene rings is 2. The molecule has 1 aliphatic heterocycles. The van der Waals surface area contributed by atoms with Gasteiger partial charge >= 0.3 is 0 Å². The summed E-state index contributed by atoms with van der Waals surface area (Å²) in [5, 5.41) is 11.2. The van der Waals surface area contributed by atoms with Gasteiger partial charge in [0.15, 0.2) is 0 Å². The van der Waals surface area contributed by atoms with Crippen LogP contribution in [0.2, 0.25) is 0 Å². The molecule has 0 aliphatic carbocycles. The second-order valence-corrected chi connectivity index (χ2v) is 7.37. The Labute approximate surface area is 189 Å². The number of carbonyl (C=O) groups excluding carboxylic acids is 2. The van der Waals surface area contributed by atoms with Crippen molar-refractivity contribution in [3.63, 3.8) is 0 Å². The summed E-state index contributed by atoms with van der Waals surface area (Å²) in [6.07, 6.45) is 1.59. The highest BCUT2D eigenvalue weighted by atomic mass is 19.1. The number of Topliss-reactive ketones (excluding diaryl/α,β-unsaturated/α-hetero) is 1. The van der Waals surface area contributed by atoms with Crippen molar-refractivity contribution in [2.24, 2.45) is 0 Å². The third-order valence-electron chi connectivity index (χ3n) is 5.45. The number of rotatable bonds is 6. The lowest BCUT2D eigenvalue weighted by Gasteiger charge is -2.25. The summed E-state index contributed by atoms with van der Waals surface area (Å²) >= 11 is 0. The van der Waals surface area contributed by atoms with Crippen molar-refractivity contribution >= 4 is 17.4 Å². The van der Waals surface area contributed by atoms with Gasteiger partial charge in [-0.25, -0.2) is 4.39 Å². The van der Waals surface area contributed by atoms with Crippen LogP contribution in [0.4, 0.5) is 4.39 Å². The maximum atomic E-state index is 14.0. The van der Waals surface area contributed by atoms with Gasteiger partial charge < -0.3 is 19.5 Å². The number of aliphatic hydroxyl groups is 1. The minimum atomic E-state index is -0.925. The lowest BCUT2D eigenvalue weighted by atomic mass is 9.95. The van der Waals surface area contributed by atoms with Gasteiger partial charge in [0.2, 0.25) is 0 Å². The first kappa shape index (κ1) is 22.0. The second-order valence-electron chi connectivity index (χ2n) is 7.37. The average molecular weight is 448 g/mol. The number of carbonyl (C=O) groups is 2. The Morgan fingerprint density at radius 3 is 2.45 bits per heavy atom. The topological polar surface area (TPSA) is 89.0 Å². The van der Waals surface area contributed by atoms with Gasteiger partial charge in [0, 0.05) is 6.20 Å². The summed E-state index contributed by atoms with van der Waals surface area (Å²) in [6, 6.07) is 14.7. The van der Waals surface area contributed by atoms with Crippen LogP contribution >= 0.6 is 0 Å². The lowest BCUT2D eigenvalue weighted by Crippen LogP contribution is -2.29. The number of aliphatic hydroxyl groups excluding tert-OH is 1. The molecule has 0 radical (unpaired) electrons. The summed E-state index contributed by atoms with van der Waals surface area (Å²) < 4.78 is 24.4. The van der Waals surface area contributed by atoms with Gasteiger partial charge in [0.25, 0.3) is 11.7 Å². The van der Waals surface area contributed by atoms with E-state index in [2.05, 4.69) is 4.98 Å². The zero-order valence-corrected chi connectivity index (χ0v) is 18.0. The zero-order valence-electron chi connectivity index (χ0n) is 18.0. The number of pyridine rings is 1. The number of hydrogen-bond donors (Lipinski definition) is 1. The highest BCUT2D eigenvalue weighted by Gasteiger charge is 2.46. The molecule has 1 saturated heterocycles. The summed E-state index contributed by atoms with van der Waals surface area (Å²) in [6.45, 7) is 0.0408. The van der Waals surface area contributed by atoms with Gasteiger partial charge in [-0.3, -0.25) is 14.6 Å². The molecule has 1 atom stereocenters. The maximum Gasteiger partial charge on any atom is 0.296 e. The van der Waals surface area contributed by atoms with Crippen molar-refractivity contribution in [2.75, 3.05) is 14.2 Å². The normalized spacial score (nSPS) is 17.3. The molecule has 168 valence electrons. The van der Waals surface area contributed by atoms with E-state index in [-0.39, 0.29) is 23.4 Å². The number of amides is 1. The SMILES string of the molecule is COc1ccc(C2/C(=C(\O)c3cc(F)ccc3OC)C(=O)C(=O)N2Cc2ccccn2)cc1. The van der Waals surface area contributed by atoms with E-state index in [1.165, 1.54) is 31.3 Å². The van der Waals surface area contributed by atoms with Crippen LogP contribution in [0.1, 0.15) is 22.9 Å². The molecule has 8 heteroatoms. The number of hydrogen-bond acceptors (Lipinski definition) is 6. The van der Waals surface area contributed by atoms with Crippen molar-refractivity contribution in [1.29, 1.82) is 0 Å². The molecule has 1 N–H and O–H groups in total. The zero-order chi connectivity index (χ0) is 23.5. The maximum absolute atomic E-state index is 14.0. The number of halogens is 1. The minimum Gasteiger partial charge on any atom is -0.507 e. The summed E-state index contributed by atoms with van der Waals surface area (Å²) in [5.41, 5.74) is 0.959. The van der Waals surface area contributed by atoms with Gasteiger partial charge in [-0.1, -0.05) is 18.2 Å². The van der Waals surface area contributed by atoms with Crippen molar-refractivity contribution in [3.05, 3.63) is 95.1 Å². The second kappa shape index (κ2) is 9.12. The summed E-state index contributed by atoms with van der Waals surface area (Å²) in [5.74, 6) is -2.06. The number of methoxy groups -OCH3 is 2. The number of ether oxygens (including phenoxy) is 2. The molecular formula is C25H21FN2O5. The third-order valence-corrected chi connectivity index (χ3v) is 5.45. The Kier molecular flexibility index (Phi) is 6.08. The molecule has 1 aromatic heterocycles. The Bertz CT molecular complexity index is 1230. The molecule has 3 aromatic rings. The molecule has 7 nitrogen and oxygen atoms in total. The molecule has 33 heavy (non-hydrogen) atoms. The highest BCUT2D eigenvalue weighted by molar-refractivity contribution is 6.46. The van der Waals surface area contributed by atoms with E-state index >= 15 is 0 Å². The number of ketones is 1. The number of nitrogens with zero attached hydrogens (tertiary/aromatic N) is 2. The molecule has 2 heterocycles. The van der Waals surface area contributed by atoms with Gasteiger partial charge in [-0.15, -0.1) is 0 Å². The molecule has 1 unspecified atom stereocenters. The van der Waals surface area contributed by atoms with Crippen LogP contribution < -0.4 is 9.47 Å². The first-order valence-electron chi connectivity index (χ1n) is 10.1. The van der Waals surface area contributed by atoms with Crippen molar-refractivity contribution in [3.8, 4) is 11.5 Å². The molecule has 1 amide bonds. The van der Waals surface area contributed by atoms with Crippen LogP contribution in [0.5, 0.6) is 11.5 Å². The average Bonchev–Trinajstić information content (AvgIpc) is 3.09. The summed E-state index contributed by atoms with van der Waals surface area (Å²) in [7, 11) is 2.89. The fraction of sp³-hybridized carbons (Fsp3) is 0.160. The lowest BCUT2D eigenvalue weighted by molar-refractivity contribution is -0.140. The fourth-order valence-corrected chi connectivity index (χ4v) is 3.85. The van der Waals surface area contributed by atoms with Crippen LogP contribution in [-0.4, -0.2) is 40.9 Å². The Balaban J connectivity index is 1.90. The minimum absolute atomic E-state index is 0.0214. The molecule has 1 aliphatic rings. The van der Waals surface area contributed by atoms with E-state index in [1.807, 2.05) is 0 Å². The molecule has 0 saturated carbocycles. The third kappa shape index (κ3) is 4.15. The molecular weight excluding hydrogens is 427 g/mol. The van der Waals surface area contributed by atoms with Gasteiger partial charge in [-0.2, -0.15) is 0 Å². The molecule has 2 aromatic carbocycles. The van der Waals surface area contributed by atoms with Crippen molar-refractivity contribution in [1.82, 2.24) is 9.88 Å². The van der Waals surface area contributed by atoms with Crippen LogP contribution in [-0.2, 0) is 16.1 Å². The molecule has 0 bridgehead atoms. The van der Waals surface area contributed by atoms with E-state index < -0.39 is 29.3 Å². The van der Waals surface area contributed by atoms with Crippen LogP contribution in [0, 0.1) is 5.82 Å². The quantitative estimate of drug-likeness (QED) is 0.350. The van der Waals surface area contributed by atoms with E-state index in [0.29, 0.717) is 17.0 Å². The number of aromatic nitrogens is 1. The van der Waals surface area contributed by atoms with Crippen molar-refractivity contribution in [2.45, 2.75) is 12.6 Å². The van der Waals surface area contributed by atoms with E-state index in [0.717, 1.165) is 6.07 Å². The molecule has 4 rings (SSSR count). The first-order valence-corrected chi connectivity index (χ1v) is 10.1. The predicted octanol–water partition coefficient (Wildman–Crippen LogP) is 3.86.